The van der Waals surface area contributed by atoms with E-state index in [1.165, 1.54) is 5.56 Å². The number of halogens is 1. The molecule has 0 aliphatic rings. The lowest BCUT2D eigenvalue weighted by Gasteiger charge is -2.10. The van der Waals surface area contributed by atoms with Crippen LogP contribution in [-0.2, 0) is 6.42 Å². The van der Waals surface area contributed by atoms with E-state index in [-0.39, 0.29) is 0 Å². The molecule has 0 saturated carbocycles. The number of hydrogen-bond donors (Lipinski definition) is 1. The summed E-state index contributed by atoms with van der Waals surface area (Å²) in [5.41, 5.74) is 1.17. The van der Waals surface area contributed by atoms with Crippen LogP contribution in [0.2, 0.25) is 0 Å². The summed E-state index contributed by atoms with van der Waals surface area (Å²) in [4.78, 5) is 0. The van der Waals surface area contributed by atoms with Crippen LogP contribution in [0.15, 0.2) is 18.2 Å². The van der Waals surface area contributed by atoms with Crippen LogP contribution in [-0.4, -0.2) is 33.2 Å². The van der Waals surface area contributed by atoms with Gasteiger partial charge in [0.2, 0.25) is 0 Å². The van der Waals surface area contributed by atoms with Crippen molar-refractivity contribution in [1.82, 2.24) is 5.32 Å². The summed E-state index contributed by atoms with van der Waals surface area (Å²) in [7, 11) is 3.32. The Bertz CT molecular complexity index is 318. The fraction of sp³-hybridized carbons (Fsp3) is 0.500. The smallest absolute Gasteiger partial charge is 0.125 e. The van der Waals surface area contributed by atoms with Gasteiger partial charge >= 0.3 is 0 Å². The SMILES string of the molecule is COc1ccc(CCNCCCl)c(OC)c1. The molecule has 1 aromatic rings. The molecule has 0 spiro atoms. The normalized spacial score (nSPS) is 10.2. The van der Waals surface area contributed by atoms with Crippen molar-refractivity contribution in [2.24, 2.45) is 0 Å². The zero-order chi connectivity index (χ0) is 11.8. The van der Waals surface area contributed by atoms with Gasteiger partial charge in [-0.15, -0.1) is 11.6 Å². The van der Waals surface area contributed by atoms with Crippen LogP contribution in [0, 0.1) is 0 Å². The highest BCUT2D eigenvalue weighted by atomic mass is 35.5. The summed E-state index contributed by atoms with van der Waals surface area (Å²) in [6, 6.07) is 5.87. The average Bonchev–Trinajstić information content (AvgIpc) is 2.34. The highest BCUT2D eigenvalue weighted by Gasteiger charge is 2.04. The summed E-state index contributed by atoms with van der Waals surface area (Å²) in [5, 5.41) is 3.24. The van der Waals surface area contributed by atoms with Gasteiger partial charge in [0.25, 0.3) is 0 Å². The van der Waals surface area contributed by atoms with Gasteiger partial charge in [0.15, 0.2) is 0 Å². The molecule has 0 amide bonds. The third-order valence-electron chi connectivity index (χ3n) is 2.34. The Morgan fingerprint density at radius 3 is 2.62 bits per heavy atom. The highest BCUT2D eigenvalue weighted by molar-refractivity contribution is 6.18. The fourth-order valence-electron chi connectivity index (χ4n) is 1.47. The minimum Gasteiger partial charge on any atom is -0.497 e. The Kier molecular flexibility index (Phi) is 6.04. The molecule has 3 nitrogen and oxygen atoms in total. The van der Waals surface area contributed by atoms with Gasteiger partial charge in [0.1, 0.15) is 11.5 Å². The lowest BCUT2D eigenvalue weighted by Crippen LogP contribution is -2.19. The molecule has 0 heterocycles. The van der Waals surface area contributed by atoms with Gasteiger partial charge in [0.05, 0.1) is 14.2 Å². The van der Waals surface area contributed by atoms with Crippen LogP contribution < -0.4 is 14.8 Å². The van der Waals surface area contributed by atoms with E-state index in [4.69, 9.17) is 21.1 Å². The number of nitrogens with one attached hydrogen (secondary N) is 1. The van der Waals surface area contributed by atoms with Gasteiger partial charge in [-0.25, -0.2) is 0 Å². The maximum Gasteiger partial charge on any atom is 0.125 e. The molecule has 0 unspecified atom stereocenters. The Balaban J connectivity index is 2.57. The highest BCUT2D eigenvalue weighted by Crippen LogP contribution is 2.24. The van der Waals surface area contributed by atoms with Crippen LogP contribution in [0.1, 0.15) is 5.56 Å². The van der Waals surface area contributed by atoms with E-state index in [9.17, 15) is 0 Å². The zero-order valence-electron chi connectivity index (χ0n) is 9.75. The van der Waals surface area contributed by atoms with Crippen molar-refractivity contribution in [3.05, 3.63) is 23.8 Å². The third kappa shape index (κ3) is 3.91. The van der Waals surface area contributed by atoms with Crippen molar-refractivity contribution in [2.75, 3.05) is 33.2 Å². The van der Waals surface area contributed by atoms with Crippen molar-refractivity contribution in [1.29, 1.82) is 0 Å². The second kappa shape index (κ2) is 7.36. The molecular weight excluding hydrogens is 226 g/mol. The van der Waals surface area contributed by atoms with Crippen LogP contribution >= 0.6 is 11.6 Å². The lowest BCUT2D eigenvalue weighted by atomic mass is 10.1. The average molecular weight is 244 g/mol. The predicted octanol–water partition coefficient (Wildman–Crippen LogP) is 2.07. The van der Waals surface area contributed by atoms with Gasteiger partial charge in [-0.3, -0.25) is 0 Å². The molecule has 0 fully saturated rings. The van der Waals surface area contributed by atoms with Gasteiger partial charge in [-0.1, -0.05) is 6.07 Å². The Hall–Kier alpha value is -0.930. The number of methoxy groups -OCH3 is 2. The maximum atomic E-state index is 5.58. The first-order valence-corrected chi connectivity index (χ1v) is 5.83. The van der Waals surface area contributed by atoms with Crippen molar-refractivity contribution in [2.45, 2.75) is 6.42 Å². The van der Waals surface area contributed by atoms with Crippen LogP contribution in [0.4, 0.5) is 0 Å². The van der Waals surface area contributed by atoms with Crippen molar-refractivity contribution < 1.29 is 9.47 Å². The van der Waals surface area contributed by atoms with Crippen molar-refractivity contribution in [3.63, 3.8) is 0 Å². The number of alkyl halides is 1. The van der Waals surface area contributed by atoms with Crippen LogP contribution in [0.3, 0.4) is 0 Å². The van der Waals surface area contributed by atoms with E-state index >= 15 is 0 Å². The minimum atomic E-state index is 0.639. The molecule has 1 aromatic carbocycles. The van der Waals surface area contributed by atoms with E-state index in [1.807, 2.05) is 18.2 Å². The molecule has 0 aliphatic carbocycles. The third-order valence-corrected chi connectivity index (χ3v) is 2.53. The molecule has 0 radical (unpaired) electrons. The molecule has 0 saturated heterocycles. The summed E-state index contributed by atoms with van der Waals surface area (Å²) < 4.78 is 10.5. The number of ether oxygens (including phenoxy) is 2. The topological polar surface area (TPSA) is 30.5 Å². The molecule has 0 aliphatic heterocycles. The Morgan fingerprint density at radius 2 is 2.00 bits per heavy atom. The zero-order valence-corrected chi connectivity index (χ0v) is 10.5. The number of rotatable bonds is 7. The first-order chi connectivity index (χ1) is 7.81. The molecule has 1 rings (SSSR count). The standard InChI is InChI=1S/C12H18ClNO2/c1-15-11-4-3-10(12(9-11)16-2)5-7-14-8-6-13/h3-4,9,14H,5-8H2,1-2H3. The van der Waals surface area contributed by atoms with Crippen LogP contribution in [0.5, 0.6) is 11.5 Å². The largest absolute Gasteiger partial charge is 0.497 e. The lowest BCUT2D eigenvalue weighted by molar-refractivity contribution is 0.391. The van der Waals surface area contributed by atoms with Gasteiger partial charge in [0, 0.05) is 18.5 Å². The molecule has 0 aromatic heterocycles. The van der Waals surface area contributed by atoms with E-state index in [1.54, 1.807) is 14.2 Å². The second-order valence-corrected chi connectivity index (χ2v) is 3.74. The monoisotopic (exact) mass is 243 g/mol. The van der Waals surface area contributed by atoms with Gasteiger partial charge in [-0.2, -0.15) is 0 Å². The summed E-state index contributed by atoms with van der Waals surface area (Å²) in [6.07, 6.45) is 0.921. The van der Waals surface area contributed by atoms with Gasteiger partial charge < -0.3 is 14.8 Å². The molecule has 4 heteroatoms. The quantitative estimate of drug-likeness (QED) is 0.588. The summed E-state index contributed by atoms with van der Waals surface area (Å²) in [5.74, 6) is 2.32. The van der Waals surface area contributed by atoms with E-state index in [0.29, 0.717) is 5.88 Å². The van der Waals surface area contributed by atoms with E-state index < -0.39 is 0 Å². The first kappa shape index (κ1) is 13.1. The van der Waals surface area contributed by atoms with E-state index in [2.05, 4.69) is 5.32 Å². The maximum absolute atomic E-state index is 5.58. The van der Waals surface area contributed by atoms with Crippen molar-refractivity contribution >= 4 is 11.6 Å². The van der Waals surface area contributed by atoms with Gasteiger partial charge in [-0.05, 0) is 24.6 Å². The summed E-state index contributed by atoms with van der Waals surface area (Å²) >= 11 is 5.58. The molecule has 0 atom stereocenters. The fourth-order valence-corrected chi connectivity index (χ4v) is 1.61. The Labute approximate surface area is 102 Å². The van der Waals surface area contributed by atoms with E-state index in [0.717, 1.165) is 31.0 Å². The van der Waals surface area contributed by atoms with Crippen molar-refractivity contribution in [3.8, 4) is 11.5 Å². The Morgan fingerprint density at radius 1 is 1.19 bits per heavy atom. The molecular formula is C12H18ClNO2. The predicted molar refractivity (Wildman–Crippen MR) is 66.8 cm³/mol. The second-order valence-electron chi connectivity index (χ2n) is 3.37. The van der Waals surface area contributed by atoms with Crippen LogP contribution in [0.25, 0.3) is 0 Å². The molecule has 0 bridgehead atoms. The first-order valence-electron chi connectivity index (χ1n) is 5.29. The number of benzene rings is 1. The molecule has 1 N–H and O–H groups in total. The minimum absolute atomic E-state index is 0.639. The summed E-state index contributed by atoms with van der Waals surface area (Å²) in [6.45, 7) is 1.73. The number of hydrogen-bond acceptors (Lipinski definition) is 3. The molecule has 16 heavy (non-hydrogen) atoms. The molecule has 90 valence electrons.